The summed E-state index contributed by atoms with van der Waals surface area (Å²) in [6.45, 7) is 13.9. The molecular formula is C13H32N2O2Si2. The summed E-state index contributed by atoms with van der Waals surface area (Å²) in [5.41, 5.74) is 0. The lowest BCUT2D eigenvalue weighted by Gasteiger charge is -2.35. The molecule has 0 radical (unpaired) electrons. The Kier molecular flexibility index (Phi) is 8.11. The molecule has 0 bridgehead atoms. The summed E-state index contributed by atoms with van der Waals surface area (Å²) in [5.74, 6) is 0. The lowest BCUT2D eigenvalue weighted by molar-refractivity contribution is 0.182. The average molecular weight is 305 g/mol. The zero-order valence-electron chi connectivity index (χ0n) is 14.0. The lowest BCUT2D eigenvalue weighted by atomic mass is 10.5. The van der Waals surface area contributed by atoms with Gasteiger partial charge in [-0.15, -0.1) is 0 Å². The Bertz CT molecular complexity index is 278. The van der Waals surface area contributed by atoms with Crippen LogP contribution in [0.1, 0.15) is 20.3 Å². The SMILES string of the molecule is CC(C)O[Si](C)(CCCN=CN(C)C)O[Si](C)(C)C. The maximum absolute atomic E-state index is 6.36. The molecule has 0 saturated heterocycles. The Hall–Kier alpha value is -0.176. The highest BCUT2D eigenvalue weighted by Gasteiger charge is 2.36. The van der Waals surface area contributed by atoms with Gasteiger partial charge in [0.1, 0.15) is 0 Å². The third-order valence-electron chi connectivity index (χ3n) is 2.24. The van der Waals surface area contributed by atoms with E-state index in [0.717, 1.165) is 19.0 Å². The topological polar surface area (TPSA) is 34.1 Å². The highest BCUT2D eigenvalue weighted by atomic mass is 28.4. The summed E-state index contributed by atoms with van der Waals surface area (Å²) < 4.78 is 12.5. The fourth-order valence-corrected chi connectivity index (χ4v) is 9.69. The van der Waals surface area contributed by atoms with Crippen molar-refractivity contribution in [3.63, 3.8) is 0 Å². The molecule has 0 aliphatic carbocycles. The Labute approximate surface area is 121 Å². The van der Waals surface area contributed by atoms with Crippen LogP contribution in [0, 0.1) is 0 Å². The van der Waals surface area contributed by atoms with Crippen LogP contribution in [-0.4, -0.2) is 54.9 Å². The molecule has 0 rings (SSSR count). The Morgan fingerprint density at radius 2 is 1.74 bits per heavy atom. The van der Waals surface area contributed by atoms with Crippen molar-refractivity contribution in [2.24, 2.45) is 4.99 Å². The van der Waals surface area contributed by atoms with Gasteiger partial charge in [-0.05, 0) is 52.5 Å². The van der Waals surface area contributed by atoms with Gasteiger partial charge in [-0.3, -0.25) is 4.99 Å². The third-order valence-corrected chi connectivity index (χ3v) is 8.65. The summed E-state index contributed by atoms with van der Waals surface area (Å²) in [5, 5.41) is 0. The second-order valence-electron chi connectivity index (χ2n) is 6.60. The molecule has 0 N–H and O–H groups in total. The van der Waals surface area contributed by atoms with Gasteiger partial charge in [-0.25, -0.2) is 0 Å². The molecule has 0 spiro atoms. The summed E-state index contributed by atoms with van der Waals surface area (Å²) >= 11 is 0. The van der Waals surface area contributed by atoms with Gasteiger partial charge in [-0.1, -0.05) is 0 Å². The average Bonchev–Trinajstić information content (AvgIpc) is 2.11. The van der Waals surface area contributed by atoms with Gasteiger partial charge in [0, 0.05) is 26.7 Å². The van der Waals surface area contributed by atoms with Gasteiger partial charge in [0.2, 0.25) is 0 Å². The van der Waals surface area contributed by atoms with E-state index >= 15 is 0 Å². The van der Waals surface area contributed by atoms with Crippen LogP contribution in [0.5, 0.6) is 0 Å². The van der Waals surface area contributed by atoms with Crippen molar-refractivity contribution in [3.05, 3.63) is 0 Å². The van der Waals surface area contributed by atoms with E-state index in [0.29, 0.717) is 0 Å². The van der Waals surface area contributed by atoms with Crippen LogP contribution in [0.2, 0.25) is 32.2 Å². The number of hydrogen-bond acceptors (Lipinski definition) is 3. The van der Waals surface area contributed by atoms with Gasteiger partial charge in [0.15, 0.2) is 8.32 Å². The third kappa shape index (κ3) is 11.4. The molecule has 0 aliphatic rings. The smallest absolute Gasteiger partial charge is 0.324 e. The number of nitrogens with zero attached hydrogens (tertiary/aromatic N) is 2. The van der Waals surface area contributed by atoms with E-state index in [4.69, 9.17) is 8.54 Å². The molecule has 0 aromatic rings. The van der Waals surface area contributed by atoms with E-state index < -0.39 is 16.9 Å². The summed E-state index contributed by atoms with van der Waals surface area (Å²) in [7, 11) is 0.363. The molecular weight excluding hydrogens is 272 g/mol. The van der Waals surface area contributed by atoms with Crippen LogP contribution in [0.15, 0.2) is 4.99 Å². The molecule has 0 aliphatic heterocycles. The first kappa shape index (κ1) is 18.8. The second kappa shape index (κ2) is 8.19. The number of aliphatic imine (C=N–C) groups is 1. The molecule has 114 valence electrons. The molecule has 0 aromatic carbocycles. The van der Waals surface area contributed by atoms with E-state index in [2.05, 4.69) is 45.0 Å². The Balaban J connectivity index is 4.35. The first-order valence-corrected chi connectivity index (χ1v) is 13.0. The summed E-state index contributed by atoms with van der Waals surface area (Å²) in [6.07, 6.45) is 3.13. The molecule has 4 nitrogen and oxygen atoms in total. The van der Waals surface area contributed by atoms with Crippen LogP contribution >= 0.6 is 0 Å². The first-order valence-electron chi connectivity index (χ1n) is 7.08. The van der Waals surface area contributed by atoms with Crippen LogP contribution in [0.25, 0.3) is 0 Å². The predicted octanol–water partition coefficient (Wildman–Crippen LogP) is 3.31. The zero-order chi connectivity index (χ0) is 15.1. The van der Waals surface area contributed by atoms with Gasteiger partial charge in [0.25, 0.3) is 0 Å². The quantitative estimate of drug-likeness (QED) is 0.284. The minimum atomic E-state index is -2.05. The number of hydrogen-bond donors (Lipinski definition) is 0. The molecule has 19 heavy (non-hydrogen) atoms. The van der Waals surface area contributed by atoms with Crippen molar-refractivity contribution in [1.29, 1.82) is 0 Å². The van der Waals surface area contributed by atoms with Gasteiger partial charge in [0.05, 0.1) is 6.34 Å². The molecule has 6 heteroatoms. The molecule has 0 amide bonds. The van der Waals surface area contributed by atoms with Crippen molar-refractivity contribution in [2.45, 2.75) is 58.6 Å². The van der Waals surface area contributed by atoms with Crippen LogP contribution in [0.4, 0.5) is 0 Å². The highest BCUT2D eigenvalue weighted by Crippen LogP contribution is 2.22. The molecule has 0 saturated carbocycles. The molecule has 0 aromatic heterocycles. The Morgan fingerprint density at radius 1 is 1.16 bits per heavy atom. The first-order chi connectivity index (χ1) is 8.54. The summed E-state index contributed by atoms with van der Waals surface area (Å²) in [4.78, 5) is 6.33. The van der Waals surface area contributed by atoms with E-state index in [1.54, 1.807) is 0 Å². The van der Waals surface area contributed by atoms with Crippen molar-refractivity contribution < 1.29 is 8.54 Å². The lowest BCUT2D eigenvalue weighted by Crippen LogP contribution is -2.48. The zero-order valence-corrected chi connectivity index (χ0v) is 16.0. The minimum Gasteiger partial charge on any atom is -0.436 e. The molecule has 1 unspecified atom stereocenters. The molecule has 1 atom stereocenters. The van der Waals surface area contributed by atoms with Crippen molar-refractivity contribution in [1.82, 2.24) is 4.90 Å². The maximum Gasteiger partial charge on any atom is 0.324 e. The van der Waals surface area contributed by atoms with Crippen LogP contribution < -0.4 is 0 Å². The van der Waals surface area contributed by atoms with E-state index in [1.807, 2.05) is 25.3 Å². The van der Waals surface area contributed by atoms with Gasteiger partial charge < -0.3 is 13.4 Å². The van der Waals surface area contributed by atoms with Gasteiger partial charge >= 0.3 is 8.56 Å². The fourth-order valence-electron chi connectivity index (χ4n) is 1.99. The van der Waals surface area contributed by atoms with E-state index in [9.17, 15) is 0 Å². The maximum atomic E-state index is 6.36. The van der Waals surface area contributed by atoms with Crippen LogP contribution in [-0.2, 0) is 8.54 Å². The van der Waals surface area contributed by atoms with Gasteiger partial charge in [-0.2, -0.15) is 0 Å². The van der Waals surface area contributed by atoms with E-state index in [-0.39, 0.29) is 6.10 Å². The second-order valence-corrected chi connectivity index (χ2v) is 14.6. The number of rotatable bonds is 9. The van der Waals surface area contributed by atoms with Crippen molar-refractivity contribution in [3.8, 4) is 0 Å². The van der Waals surface area contributed by atoms with Crippen molar-refractivity contribution >= 4 is 23.2 Å². The standard InChI is InChI=1S/C13H32N2O2Si2/c1-13(2)16-19(8,17-18(5,6)7)11-9-10-14-12-15(3)4/h12-13H,9-11H2,1-8H3. The summed E-state index contributed by atoms with van der Waals surface area (Å²) in [6, 6.07) is 1.01. The van der Waals surface area contributed by atoms with E-state index in [1.165, 1.54) is 0 Å². The predicted molar refractivity (Wildman–Crippen MR) is 88.7 cm³/mol. The molecule has 0 heterocycles. The fraction of sp³-hybridized carbons (Fsp3) is 0.923. The monoisotopic (exact) mass is 304 g/mol. The highest BCUT2D eigenvalue weighted by molar-refractivity contribution is 6.81. The normalized spacial score (nSPS) is 16.1. The molecule has 0 fully saturated rings. The largest absolute Gasteiger partial charge is 0.436 e. The van der Waals surface area contributed by atoms with Crippen molar-refractivity contribution in [2.75, 3.05) is 20.6 Å². The van der Waals surface area contributed by atoms with Crippen LogP contribution in [0.3, 0.4) is 0 Å². The Morgan fingerprint density at radius 3 is 2.16 bits per heavy atom. The minimum absolute atomic E-state index is 0.235.